The lowest BCUT2D eigenvalue weighted by Gasteiger charge is -2.08. The molecule has 0 aliphatic heterocycles. The van der Waals surface area contributed by atoms with Gasteiger partial charge in [-0.1, -0.05) is 12.8 Å². The lowest BCUT2D eigenvalue weighted by atomic mass is 10.2. The van der Waals surface area contributed by atoms with Crippen molar-refractivity contribution in [3.05, 3.63) is 17.8 Å². The van der Waals surface area contributed by atoms with Crippen molar-refractivity contribution in [1.82, 2.24) is 4.98 Å². The molecular formula is C11H17N3. The van der Waals surface area contributed by atoms with Crippen molar-refractivity contribution in [2.75, 3.05) is 17.6 Å². The van der Waals surface area contributed by atoms with Gasteiger partial charge in [-0.2, -0.15) is 0 Å². The number of rotatable bonds is 4. The van der Waals surface area contributed by atoms with Gasteiger partial charge in [0.2, 0.25) is 0 Å². The monoisotopic (exact) mass is 191 g/mol. The van der Waals surface area contributed by atoms with E-state index in [1.165, 1.54) is 19.3 Å². The molecule has 1 aliphatic rings. The number of anilines is 2. The summed E-state index contributed by atoms with van der Waals surface area (Å²) in [7, 11) is 0. The number of hydrogen-bond acceptors (Lipinski definition) is 3. The largest absolute Gasteiger partial charge is 0.397 e. The maximum Gasteiger partial charge on any atom is 0.128 e. The summed E-state index contributed by atoms with van der Waals surface area (Å²) in [5.41, 5.74) is 7.48. The highest BCUT2D eigenvalue weighted by molar-refractivity contribution is 5.50. The molecule has 0 atom stereocenters. The molecule has 76 valence electrons. The Hall–Kier alpha value is -1.25. The molecular weight excluding hydrogens is 174 g/mol. The summed E-state index contributed by atoms with van der Waals surface area (Å²) in [5, 5.41) is 3.34. The third-order valence-corrected chi connectivity index (χ3v) is 2.64. The fraction of sp³-hybridized carbons (Fsp3) is 0.545. The zero-order valence-electron chi connectivity index (χ0n) is 8.59. The van der Waals surface area contributed by atoms with E-state index in [2.05, 4.69) is 10.3 Å². The molecule has 3 N–H and O–H groups in total. The maximum atomic E-state index is 5.62. The lowest BCUT2D eigenvalue weighted by molar-refractivity contribution is 0.758. The smallest absolute Gasteiger partial charge is 0.128 e. The molecule has 0 bridgehead atoms. The van der Waals surface area contributed by atoms with E-state index in [4.69, 9.17) is 5.73 Å². The molecule has 1 aromatic rings. The van der Waals surface area contributed by atoms with Gasteiger partial charge in [0.1, 0.15) is 5.82 Å². The lowest BCUT2D eigenvalue weighted by Crippen LogP contribution is -2.06. The number of nitrogens with one attached hydrogen (secondary N) is 1. The third-order valence-electron chi connectivity index (χ3n) is 2.64. The standard InChI is InChI=1S/C11H17N3/c1-8-6-10(12)7-14-11(8)13-5-4-9-2-3-9/h6-7,9H,2-5,12H2,1H3,(H,13,14). The Morgan fingerprint density at radius 2 is 2.36 bits per heavy atom. The molecule has 2 rings (SSSR count). The number of nitrogen functional groups attached to an aromatic ring is 1. The number of aromatic nitrogens is 1. The van der Waals surface area contributed by atoms with Crippen LogP contribution >= 0.6 is 0 Å². The quantitative estimate of drug-likeness (QED) is 0.767. The van der Waals surface area contributed by atoms with E-state index >= 15 is 0 Å². The van der Waals surface area contributed by atoms with Gasteiger partial charge in [0, 0.05) is 6.54 Å². The molecule has 1 aromatic heterocycles. The van der Waals surface area contributed by atoms with Crippen LogP contribution in [0.25, 0.3) is 0 Å². The molecule has 0 saturated heterocycles. The van der Waals surface area contributed by atoms with Gasteiger partial charge in [-0.25, -0.2) is 4.98 Å². The first-order valence-corrected chi connectivity index (χ1v) is 5.21. The van der Waals surface area contributed by atoms with Crippen LogP contribution in [0.4, 0.5) is 11.5 Å². The molecule has 0 spiro atoms. The SMILES string of the molecule is Cc1cc(N)cnc1NCCC1CC1. The Morgan fingerprint density at radius 1 is 1.57 bits per heavy atom. The van der Waals surface area contributed by atoms with E-state index in [9.17, 15) is 0 Å². The Bertz CT molecular complexity index is 318. The summed E-state index contributed by atoms with van der Waals surface area (Å²) in [5.74, 6) is 1.94. The minimum absolute atomic E-state index is 0.732. The summed E-state index contributed by atoms with van der Waals surface area (Å²) in [6, 6.07) is 1.95. The van der Waals surface area contributed by atoms with Crippen molar-refractivity contribution in [2.24, 2.45) is 5.92 Å². The topological polar surface area (TPSA) is 50.9 Å². The number of hydrogen-bond donors (Lipinski definition) is 2. The summed E-state index contributed by atoms with van der Waals surface area (Å²) in [4.78, 5) is 4.26. The molecule has 0 aromatic carbocycles. The summed E-state index contributed by atoms with van der Waals surface area (Å²) >= 11 is 0. The van der Waals surface area contributed by atoms with E-state index in [0.717, 1.165) is 29.5 Å². The average molecular weight is 191 g/mol. The van der Waals surface area contributed by atoms with Crippen molar-refractivity contribution in [2.45, 2.75) is 26.2 Å². The van der Waals surface area contributed by atoms with Crippen LogP contribution in [0.15, 0.2) is 12.3 Å². The molecule has 0 amide bonds. The molecule has 1 fully saturated rings. The van der Waals surface area contributed by atoms with Crippen LogP contribution in [0.1, 0.15) is 24.8 Å². The Morgan fingerprint density at radius 3 is 3.00 bits per heavy atom. The van der Waals surface area contributed by atoms with Crippen LogP contribution in [0.5, 0.6) is 0 Å². The Balaban J connectivity index is 1.87. The first kappa shape index (κ1) is 9.31. The zero-order chi connectivity index (χ0) is 9.97. The van der Waals surface area contributed by atoms with E-state index in [0.29, 0.717) is 0 Å². The fourth-order valence-corrected chi connectivity index (χ4v) is 1.58. The first-order valence-electron chi connectivity index (χ1n) is 5.21. The van der Waals surface area contributed by atoms with Gasteiger partial charge in [-0.15, -0.1) is 0 Å². The van der Waals surface area contributed by atoms with Crippen LogP contribution in [0, 0.1) is 12.8 Å². The minimum Gasteiger partial charge on any atom is -0.397 e. The van der Waals surface area contributed by atoms with Gasteiger partial charge in [-0.3, -0.25) is 0 Å². The molecule has 14 heavy (non-hydrogen) atoms. The average Bonchev–Trinajstić information content (AvgIpc) is 2.92. The second-order valence-corrected chi connectivity index (χ2v) is 4.09. The Kier molecular flexibility index (Phi) is 2.57. The zero-order valence-corrected chi connectivity index (χ0v) is 8.59. The predicted molar refractivity (Wildman–Crippen MR) is 59.2 cm³/mol. The summed E-state index contributed by atoms with van der Waals surface area (Å²) < 4.78 is 0. The highest BCUT2D eigenvalue weighted by Gasteiger charge is 2.20. The maximum absolute atomic E-state index is 5.62. The highest BCUT2D eigenvalue weighted by atomic mass is 15.0. The van der Waals surface area contributed by atoms with Crippen LogP contribution in [-0.2, 0) is 0 Å². The van der Waals surface area contributed by atoms with Gasteiger partial charge in [-0.05, 0) is 30.9 Å². The molecule has 0 unspecified atom stereocenters. The van der Waals surface area contributed by atoms with E-state index in [-0.39, 0.29) is 0 Å². The number of nitrogens with zero attached hydrogens (tertiary/aromatic N) is 1. The number of pyridine rings is 1. The third kappa shape index (κ3) is 2.37. The van der Waals surface area contributed by atoms with Crippen LogP contribution in [0.2, 0.25) is 0 Å². The molecule has 3 nitrogen and oxygen atoms in total. The van der Waals surface area contributed by atoms with E-state index in [1.54, 1.807) is 6.20 Å². The van der Waals surface area contributed by atoms with Crippen molar-refractivity contribution in [1.29, 1.82) is 0 Å². The summed E-state index contributed by atoms with van der Waals surface area (Å²) in [6.07, 6.45) is 5.80. The molecule has 0 radical (unpaired) electrons. The first-order chi connectivity index (χ1) is 6.75. The molecule has 1 aliphatic carbocycles. The van der Waals surface area contributed by atoms with Crippen LogP contribution in [-0.4, -0.2) is 11.5 Å². The van der Waals surface area contributed by atoms with Gasteiger partial charge in [0.05, 0.1) is 11.9 Å². The normalized spacial score (nSPS) is 15.5. The highest BCUT2D eigenvalue weighted by Crippen LogP contribution is 2.32. The number of nitrogens with two attached hydrogens (primary N) is 1. The fourth-order valence-electron chi connectivity index (χ4n) is 1.58. The van der Waals surface area contributed by atoms with Gasteiger partial charge < -0.3 is 11.1 Å². The predicted octanol–water partition coefficient (Wildman–Crippen LogP) is 2.18. The second kappa shape index (κ2) is 3.86. The minimum atomic E-state index is 0.732. The van der Waals surface area contributed by atoms with Crippen molar-refractivity contribution in [3.63, 3.8) is 0 Å². The van der Waals surface area contributed by atoms with Crippen LogP contribution in [0.3, 0.4) is 0 Å². The van der Waals surface area contributed by atoms with Crippen molar-refractivity contribution >= 4 is 11.5 Å². The molecule has 1 saturated carbocycles. The van der Waals surface area contributed by atoms with Crippen molar-refractivity contribution < 1.29 is 0 Å². The molecule has 1 heterocycles. The van der Waals surface area contributed by atoms with Gasteiger partial charge in [0.25, 0.3) is 0 Å². The number of aryl methyl sites for hydroxylation is 1. The van der Waals surface area contributed by atoms with E-state index < -0.39 is 0 Å². The molecule has 3 heteroatoms. The Labute approximate surface area is 84.7 Å². The van der Waals surface area contributed by atoms with Gasteiger partial charge >= 0.3 is 0 Å². The van der Waals surface area contributed by atoms with E-state index in [1.807, 2.05) is 13.0 Å². The van der Waals surface area contributed by atoms with Crippen molar-refractivity contribution in [3.8, 4) is 0 Å². The van der Waals surface area contributed by atoms with Crippen LogP contribution < -0.4 is 11.1 Å². The van der Waals surface area contributed by atoms with Gasteiger partial charge in [0.15, 0.2) is 0 Å². The summed E-state index contributed by atoms with van der Waals surface area (Å²) in [6.45, 7) is 3.06. The second-order valence-electron chi connectivity index (χ2n) is 4.09.